The number of hydrogen-bond donors (Lipinski definition) is 1. The Hall–Kier alpha value is -1.32. The minimum Gasteiger partial charge on any atom is -0.312 e. The Labute approximate surface area is 113 Å². The zero-order chi connectivity index (χ0) is 13.0. The van der Waals surface area contributed by atoms with Crippen LogP contribution in [0.2, 0.25) is 5.02 Å². The molecule has 0 aliphatic rings. The molecule has 1 aromatic heterocycles. The van der Waals surface area contributed by atoms with Crippen LogP contribution in [0.3, 0.4) is 0 Å². The fraction of sp³-hybridized carbons (Fsp3) is 0.357. The molecule has 0 atom stereocenters. The van der Waals surface area contributed by atoms with Gasteiger partial charge in [0.25, 0.3) is 0 Å². The smallest absolute Gasteiger partial charge is 0.0537 e. The molecular formula is C14H18ClN3. The normalized spacial score (nSPS) is 10.8. The zero-order valence-electron chi connectivity index (χ0n) is 10.8. The van der Waals surface area contributed by atoms with Gasteiger partial charge in [0, 0.05) is 29.9 Å². The average Bonchev–Trinajstić information content (AvgIpc) is 2.68. The van der Waals surface area contributed by atoms with Gasteiger partial charge >= 0.3 is 0 Å². The second-order valence-electron chi connectivity index (χ2n) is 4.43. The maximum Gasteiger partial charge on any atom is 0.0537 e. The molecule has 4 heteroatoms. The van der Waals surface area contributed by atoms with Crippen LogP contribution in [-0.2, 0) is 20.0 Å². The van der Waals surface area contributed by atoms with Gasteiger partial charge in [-0.15, -0.1) is 0 Å². The Morgan fingerprint density at radius 3 is 2.61 bits per heavy atom. The molecule has 3 nitrogen and oxygen atoms in total. The molecule has 1 heterocycles. The van der Waals surface area contributed by atoms with E-state index in [-0.39, 0.29) is 0 Å². The van der Waals surface area contributed by atoms with Gasteiger partial charge in [-0.25, -0.2) is 0 Å². The van der Waals surface area contributed by atoms with Gasteiger partial charge in [-0.1, -0.05) is 23.7 Å². The van der Waals surface area contributed by atoms with E-state index in [0.717, 1.165) is 24.5 Å². The van der Waals surface area contributed by atoms with Crippen molar-refractivity contribution in [2.45, 2.75) is 19.9 Å². The number of hydrogen-bond acceptors (Lipinski definition) is 2. The van der Waals surface area contributed by atoms with Crippen LogP contribution in [0, 0.1) is 6.92 Å². The number of halogens is 1. The van der Waals surface area contributed by atoms with Crippen molar-refractivity contribution in [2.24, 2.45) is 7.05 Å². The topological polar surface area (TPSA) is 29.9 Å². The number of nitrogens with zero attached hydrogens (tertiary/aromatic N) is 2. The molecule has 0 aliphatic heterocycles. The van der Waals surface area contributed by atoms with Crippen molar-refractivity contribution in [3.63, 3.8) is 0 Å². The lowest BCUT2D eigenvalue weighted by molar-refractivity contribution is 0.679. The van der Waals surface area contributed by atoms with E-state index >= 15 is 0 Å². The van der Waals surface area contributed by atoms with E-state index in [9.17, 15) is 0 Å². The van der Waals surface area contributed by atoms with E-state index in [1.807, 2.05) is 30.1 Å². The summed E-state index contributed by atoms with van der Waals surface area (Å²) in [7, 11) is 1.96. The molecule has 2 aromatic rings. The molecule has 0 radical (unpaired) electrons. The third-order valence-electron chi connectivity index (χ3n) is 3.16. The van der Waals surface area contributed by atoms with Gasteiger partial charge in [0.1, 0.15) is 0 Å². The number of aryl methyl sites for hydroxylation is 1. The summed E-state index contributed by atoms with van der Waals surface area (Å²) in [4.78, 5) is 0. The third kappa shape index (κ3) is 3.34. The molecule has 0 saturated heterocycles. The van der Waals surface area contributed by atoms with Gasteiger partial charge in [0.2, 0.25) is 0 Å². The highest BCUT2D eigenvalue weighted by atomic mass is 35.5. The van der Waals surface area contributed by atoms with Gasteiger partial charge in [0.15, 0.2) is 0 Å². The van der Waals surface area contributed by atoms with Crippen LogP contribution in [0.4, 0.5) is 0 Å². The van der Waals surface area contributed by atoms with Crippen LogP contribution < -0.4 is 5.32 Å². The SMILES string of the molecule is Cc1c(CNCCc2ccc(Cl)cc2)cnn1C. The summed E-state index contributed by atoms with van der Waals surface area (Å²) >= 11 is 5.85. The molecule has 96 valence electrons. The van der Waals surface area contributed by atoms with Crippen molar-refractivity contribution < 1.29 is 0 Å². The summed E-state index contributed by atoms with van der Waals surface area (Å²) in [5.74, 6) is 0. The lowest BCUT2D eigenvalue weighted by Gasteiger charge is -2.05. The van der Waals surface area contributed by atoms with E-state index in [1.165, 1.54) is 16.8 Å². The van der Waals surface area contributed by atoms with Gasteiger partial charge in [-0.2, -0.15) is 5.10 Å². The molecule has 18 heavy (non-hydrogen) atoms. The van der Waals surface area contributed by atoms with Crippen molar-refractivity contribution in [2.75, 3.05) is 6.54 Å². The summed E-state index contributed by atoms with van der Waals surface area (Å²) in [5.41, 5.74) is 3.78. The van der Waals surface area contributed by atoms with E-state index in [0.29, 0.717) is 0 Å². The first-order valence-electron chi connectivity index (χ1n) is 6.09. The van der Waals surface area contributed by atoms with Crippen LogP contribution in [0.25, 0.3) is 0 Å². The van der Waals surface area contributed by atoms with Gasteiger partial charge in [0.05, 0.1) is 6.20 Å². The standard InChI is InChI=1S/C14H18ClN3/c1-11-13(10-17-18(11)2)9-16-8-7-12-3-5-14(15)6-4-12/h3-6,10,16H,7-9H2,1-2H3. The molecule has 0 fully saturated rings. The van der Waals surface area contributed by atoms with Crippen LogP contribution in [-0.4, -0.2) is 16.3 Å². The molecule has 0 aliphatic carbocycles. The fourth-order valence-electron chi connectivity index (χ4n) is 1.82. The lowest BCUT2D eigenvalue weighted by Crippen LogP contribution is -2.17. The van der Waals surface area contributed by atoms with Crippen molar-refractivity contribution in [1.82, 2.24) is 15.1 Å². The van der Waals surface area contributed by atoms with Crippen molar-refractivity contribution in [1.29, 1.82) is 0 Å². The Balaban J connectivity index is 1.76. The summed E-state index contributed by atoms with van der Waals surface area (Å²) < 4.78 is 1.90. The van der Waals surface area contributed by atoms with Gasteiger partial charge in [-0.3, -0.25) is 4.68 Å². The van der Waals surface area contributed by atoms with Crippen molar-refractivity contribution >= 4 is 11.6 Å². The third-order valence-corrected chi connectivity index (χ3v) is 3.41. The summed E-state index contributed by atoms with van der Waals surface area (Å²) in [5, 5.41) is 8.45. The van der Waals surface area contributed by atoms with E-state index in [1.54, 1.807) is 0 Å². The van der Waals surface area contributed by atoms with Gasteiger partial charge in [-0.05, 0) is 37.6 Å². The van der Waals surface area contributed by atoms with E-state index in [2.05, 4.69) is 29.5 Å². The minimum atomic E-state index is 0.790. The predicted molar refractivity (Wildman–Crippen MR) is 74.8 cm³/mol. The maximum absolute atomic E-state index is 5.85. The molecule has 1 N–H and O–H groups in total. The highest BCUT2D eigenvalue weighted by Crippen LogP contribution is 2.09. The second kappa shape index (κ2) is 6.03. The Kier molecular flexibility index (Phi) is 4.39. The van der Waals surface area contributed by atoms with E-state index in [4.69, 9.17) is 11.6 Å². The lowest BCUT2D eigenvalue weighted by atomic mass is 10.1. The first kappa shape index (κ1) is 13.1. The largest absolute Gasteiger partial charge is 0.312 e. The Morgan fingerprint density at radius 1 is 1.28 bits per heavy atom. The summed E-state index contributed by atoms with van der Waals surface area (Å²) in [6.07, 6.45) is 2.93. The zero-order valence-corrected chi connectivity index (χ0v) is 11.5. The van der Waals surface area contributed by atoms with Crippen molar-refractivity contribution in [3.8, 4) is 0 Å². The fourth-order valence-corrected chi connectivity index (χ4v) is 1.95. The number of aromatic nitrogens is 2. The molecular weight excluding hydrogens is 246 g/mol. The predicted octanol–water partition coefficient (Wildman–Crippen LogP) is 2.71. The molecule has 2 rings (SSSR count). The molecule has 0 amide bonds. The average molecular weight is 264 g/mol. The molecule has 1 aromatic carbocycles. The van der Waals surface area contributed by atoms with Crippen LogP contribution in [0.15, 0.2) is 30.5 Å². The summed E-state index contributed by atoms with van der Waals surface area (Å²) in [6, 6.07) is 8.00. The Bertz CT molecular complexity index is 502. The number of rotatable bonds is 5. The van der Waals surface area contributed by atoms with E-state index < -0.39 is 0 Å². The van der Waals surface area contributed by atoms with Crippen LogP contribution >= 0.6 is 11.6 Å². The maximum atomic E-state index is 5.85. The van der Waals surface area contributed by atoms with Crippen LogP contribution in [0.5, 0.6) is 0 Å². The second-order valence-corrected chi connectivity index (χ2v) is 4.87. The quantitative estimate of drug-likeness (QED) is 0.841. The van der Waals surface area contributed by atoms with Crippen molar-refractivity contribution in [3.05, 3.63) is 52.3 Å². The Morgan fingerprint density at radius 2 is 2.00 bits per heavy atom. The summed E-state index contributed by atoms with van der Waals surface area (Å²) in [6.45, 7) is 3.91. The monoisotopic (exact) mass is 263 g/mol. The molecule has 0 saturated carbocycles. The highest BCUT2D eigenvalue weighted by molar-refractivity contribution is 6.30. The number of nitrogens with one attached hydrogen (secondary N) is 1. The van der Waals surface area contributed by atoms with Crippen LogP contribution in [0.1, 0.15) is 16.8 Å². The molecule has 0 spiro atoms. The molecule has 0 unspecified atom stereocenters. The first-order valence-corrected chi connectivity index (χ1v) is 6.47. The first-order chi connectivity index (χ1) is 8.66. The highest BCUT2D eigenvalue weighted by Gasteiger charge is 2.02. The minimum absolute atomic E-state index is 0.790. The molecule has 0 bridgehead atoms. The number of benzene rings is 1. The van der Waals surface area contributed by atoms with Gasteiger partial charge < -0.3 is 5.32 Å².